The molecular formula is C26H23NO6S. The fourth-order valence-electron chi connectivity index (χ4n) is 4.60. The summed E-state index contributed by atoms with van der Waals surface area (Å²) in [5.41, 5.74) is -0.410. The van der Waals surface area contributed by atoms with E-state index in [0.29, 0.717) is 5.56 Å². The van der Waals surface area contributed by atoms with Gasteiger partial charge in [-0.1, -0.05) is 78.9 Å². The Hall–Kier alpha value is -3.46. The van der Waals surface area contributed by atoms with Crippen LogP contribution in [0.15, 0.2) is 108 Å². The van der Waals surface area contributed by atoms with Gasteiger partial charge in [-0.25, -0.2) is 13.2 Å². The van der Waals surface area contributed by atoms with Crippen LogP contribution < -0.4 is 0 Å². The second-order valence-corrected chi connectivity index (χ2v) is 9.80. The number of nitrogens with zero attached hydrogens (tertiary/aromatic N) is 1. The SMILES string of the molecule is COC1=CC(=O)OC1[C@]1(c2ccccc2)OC[C@H](c2ccccc2)N1S(=O)(=O)c1ccccc1. The van der Waals surface area contributed by atoms with E-state index in [1.165, 1.54) is 17.5 Å². The molecule has 174 valence electrons. The highest BCUT2D eigenvalue weighted by Crippen LogP contribution is 2.52. The Morgan fingerprint density at radius 3 is 2.12 bits per heavy atom. The molecule has 1 fully saturated rings. The monoisotopic (exact) mass is 477 g/mol. The van der Waals surface area contributed by atoms with Gasteiger partial charge in [0.15, 0.2) is 0 Å². The van der Waals surface area contributed by atoms with Crippen molar-refractivity contribution >= 4 is 16.0 Å². The third-order valence-corrected chi connectivity index (χ3v) is 8.00. The van der Waals surface area contributed by atoms with Gasteiger partial charge in [0.1, 0.15) is 5.76 Å². The van der Waals surface area contributed by atoms with Crippen molar-refractivity contribution in [2.24, 2.45) is 0 Å². The van der Waals surface area contributed by atoms with Gasteiger partial charge < -0.3 is 14.2 Å². The smallest absolute Gasteiger partial charge is 0.335 e. The van der Waals surface area contributed by atoms with Crippen molar-refractivity contribution in [1.82, 2.24) is 4.31 Å². The van der Waals surface area contributed by atoms with E-state index in [4.69, 9.17) is 14.2 Å². The lowest BCUT2D eigenvalue weighted by Crippen LogP contribution is -2.55. The number of esters is 1. The Kier molecular flexibility index (Phi) is 5.73. The van der Waals surface area contributed by atoms with Crippen LogP contribution in [0.3, 0.4) is 0 Å². The molecule has 34 heavy (non-hydrogen) atoms. The number of hydrogen-bond acceptors (Lipinski definition) is 6. The zero-order valence-corrected chi connectivity index (χ0v) is 19.2. The number of benzene rings is 3. The van der Waals surface area contributed by atoms with E-state index in [9.17, 15) is 13.2 Å². The van der Waals surface area contributed by atoms with Crippen LogP contribution in [0.5, 0.6) is 0 Å². The van der Waals surface area contributed by atoms with Gasteiger partial charge >= 0.3 is 5.97 Å². The second kappa shape index (κ2) is 8.72. The largest absolute Gasteiger partial charge is 0.497 e. The summed E-state index contributed by atoms with van der Waals surface area (Å²) in [7, 11) is -2.73. The third kappa shape index (κ3) is 3.51. The number of carbonyl (C=O) groups excluding carboxylic acids is 1. The first-order valence-electron chi connectivity index (χ1n) is 10.8. The van der Waals surface area contributed by atoms with E-state index in [0.717, 1.165) is 5.56 Å². The Morgan fingerprint density at radius 2 is 1.50 bits per heavy atom. The molecule has 1 saturated heterocycles. The molecule has 8 heteroatoms. The molecule has 0 N–H and O–H groups in total. The molecule has 2 aliphatic heterocycles. The zero-order valence-electron chi connectivity index (χ0n) is 18.4. The normalized spacial score (nSPS) is 25.1. The quantitative estimate of drug-likeness (QED) is 0.503. The molecule has 0 bridgehead atoms. The Labute approximate surface area is 198 Å². The van der Waals surface area contributed by atoms with Crippen LogP contribution in [0.4, 0.5) is 0 Å². The minimum absolute atomic E-state index is 0.0516. The Morgan fingerprint density at radius 1 is 0.912 bits per heavy atom. The number of rotatable bonds is 6. The van der Waals surface area contributed by atoms with Gasteiger partial charge in [0.2, 0.25) is 21.9 Å². The summed E-state index contributed by atoms with van der Waals surface area (Å²) in [6.07, 6.45) is 0.0848. The van der Waals surface area contributed by atoms with Crippen molar-refractivity contribution in [1.29, 1.82) is 0 Å². The molecule has 0 aromatic heterocycles. The van der Waals surface area contributed by atoms with Gasteiger partial charge in [-0.15, -0.1) is 4.31 Å². The van der Waals surface area contributed by atoms with E-state index in [-0.39, 0.29) is 17.3 Å². The molecule has 1 unspecified atom stereocenters. The van der Waals surface area contributed by atoms with Crippen LogP contribution in [-0.4, -0.2) is 38.5 Å². The van der Waals surface area contributed by atoms with E-state index < -0.39 is 33.9 Å². The third-order valence-electron chi connectivity index (χ3n) is 6.09. The van der Waals surface area contributed by atoms with Crippen LogP contribution in [-0.2, 0) is 34.8 Å². The van der Waals surface area contributed by atoms with Crippen molar-refractivity contribution in [3.63, 3.8) is 0 Å². The van der Waals surface area contributed by atoms with Crippen LogP contribution in [0.25, 0.3) is 0 Å². The maximum absolute atomic E-state index is 14.3. The summed E-state index contributed by atoms with van der Waals surface area (Å²) in [6, 6.07) is 25.7. The fourth-order valence-corrected chi connectivity index (χ4v) is 6.45. The number of hydrogen-bond donors (Lipinski definition) is 0. The fraction of sp³-hybridized carbons (Fsp3) is 0.192. The lowest BCUT2D eigenvalue weighted by Gasteiger charge is -2.41. The summed E-state index contributed by atoms with van der Waals surface area (Å²) >= 11 is 0. The topological polar surface area (TPSA) is 82.1 Å². The van der Waals surface area contributed by atoms with Gasteiger partial charge in [0.05, 0.1) is 30.7 Å². The van der Waals surface area contributed by atoms with Gasteiger partial charge in [-0.2, -0.15) is 0 Å². The first-order valence-corrected chi connectivity index (χ1v) is 12.2. The Bertz CT molecular complexity index is 1310. The molecule has 0 aliphatic carbocycles. The number of carbonyl (C=O) groups is 1. The minimum atomic E-state index is -4.14. The van der Waals surface area contributed by atoms with Gasteiger partial charge in [0, 0.05) is 5.56 Å². The summed E-state index contributed by atoms with van der Waals surface area (Å²) in [4.78, 5) is 12.4. The van der Waals surface area contributed by atoms with Crippen LogP contribution in [0.2, 0.25) is 0 Å². The number of cyclic esters (lactones) is 1. The summed E-state index contributed by atoms with van der Waals surface area (Å²) in [5.74, 6) is -0.434. The highest BCUT2D eigenvalue weighted by atomic mass is 32.2. The predicted molar refractivity (Wildman–Crippen MR) is 124 cm³/mol. The van der Waals surface area contributed by atoms with E-state index in [2.05, 4.69) is 0 Å². The molecule has 3 aromatic rings. The molecule has 0 radical (unpaired) electrons. The molecule has 0 spiro atoms. The lowest BCUT2D eigenvalue weighted by atomic mass is 9.95. The van der Waals surface area contributed by atoms with E-state index in [1.807, 2.05) is 36.4 Å². The predicted octanol–water partition coefficient (Wildman–Crippen LogP) is 3.76. The molecule has 5 rings (SSSR count). The molecule has 3 aromatic carbocycles. The highest BCUT2D eigenvalue weighted by molar-refractivity contribution is 7.89. The standard InChI is InChI=1S/C26H23NO6S/c1-31-23-17-24(28)33-25(23)26(20-13-7-3-8-14-20)27(34(29,30)21-15-9-4-10-16-21)22(18-32-26)19-11-5-2-6-12-19/h2-17,22,25H,18H2,1H3/t22-,25?,26+/m1/s1. The lowest BCUT2D eigenvalue weighted by molar-refractivity contribution is -0.171. The Balaban J connectivity index is 1.79. The zero-order chi connectivity index (χ0) is 23.8. The second-order valence-electron chi connectivity index (χ2n) is 7.98. The average Bonchev–Trinajstić information content (AvgIpc) is 3.47. The first kappa shape index (κ1) is 22.3. The molecule has 0 saturated carbocycles. The van der Waals surface area contributed by atoms with Crippen molar-refractivity contribution in [3.05, 3.63) is 114 Å². The number of sulfonamides is 1. The average molecular weight is 478 g/mol. The number of methoxy groups -OCH3 is 1. The van der Waals surface area contributed by atoms with Crippen LogP contribution in [0, 0.1) is 0 Å². The molecule has 2 aliphatic rings. The minimum Gasteiger partial charge on any atom is -0.497 e. The summed E-state index contributed by atoms with van der Waals surface area (Å²) in [5, 5.41) is 0. The molecule has 0 amide bonds. The number of ether oxygens (including phenoxy) is 3. The van der Waals surface area contributed by atoms with Crippen molar-refractivity contribution in [2.75, 3.05) is 13.7 Å². The van der Waals surface area contributed by atoms with Gasteiger partial charge in [-0.05, 0) is 17.7 Å². The molecule has 7 nitrogen and oxygen atoms in total. The van der Waals surface area contributed by atoms with Gasteiger partial charge in [0.25, 0.3) is 0 Å². The summed E-state index contributed by atoms with van der Waals surface area (Å²) in [6.45, 7) is 0.0516. The van der Waals surface area contributed by atoms with Gasteiger partial charge in [-0.3, -0.25) is 0 Å². The van der Waals surface area contributed by atoms with Crippen LogP contribution >= 0.6 is 0 Å². The van der Waals surface area contributed by atoms with Crippen molar-refractivity contribution < 1.29 is 27.4 Å². The van der Waals surface area contributed by atoms with Crippen molar-refractivity contribution in [2.45, 2.75) is 22.8 Å². The van der Waals surface area contributed by atoms with Crippen LogP contribution in [0.1, 0.15) is 17.2 Å². The molecule has 2 heterocycles. The summed E-state index contributed by atoms with van der Waals surface area (Å²) < 4.78 is 47.5. The van der Waals surface area contributed by atoms with Crippen molar-refractivity contribution in [3.8, 4) is 0 Å². The maximum atomic E-state index is 14.3. The maximum Gasteiger partial charge on any atom is 0.335 e. The first-order chi connectivity index (χ1) is 16.5. The van der Waals surface area contributed by atoms with E-state index >= 15 is 0 Å². The van der Waals surface area contributed by atoms with E-state index in [1.54, 1.807) is 54.6 Å². The highest BCUT2D eigenvalue weighted by Gasteiger charge is 2.63. The molecular weight excluding hydrogens is 454 g/mol. The molecule has 3 atom stereocenters.